The lowest BCUT2D eigenvalue weighted by atomic mass is 9.98. The van der Waals surface area contributed by atoms with Crippen molar-refractivity contribution in [3.63, 3.8) is 0 Å². The first-order valence-corrected chi connectivity index (χ1v) is 9.62. The summed E-state index contributed by atoms with van der Waals surface area (Å²) in [6.45, 7) is 2.24. The summed E-state index contributed by atoms with van der Waals surface area (Å²) in [6.07, 6.45) is 0.807. The Kier molecular flexibility index (Phi) is 6.45. The van der Waals surface area contributed by atoms with Gasteiger partial charge in [0.15, 0.2) is 5.82 Å². The zero-order valence-corrected chi connectivity index (χ0v) is 17.0. The zero-order chi connectivity index (χ0) is 21.9. The van der Waals surface area contributed by atoms with Gasteiger partial charge in [-0.1, -0.05) is 31.9 Å². The van der Waals surface area contributed by atoms with E-state index in [-0.39, 0.29) is 10.2 Å². The second-order valence-electron chi connectivity index (χ2n) is 6.86. The van der Waals surface area contributed by atoms with Gasteiger partial charge in [0.1, 0.15) is 24.1 Å². The van der Waals surface area contributed by atoms with Gasteiger partial charge in [-0.3, -0.25) is 4.79 Å². The van der Waals surface area contributed by atoms with Gasteiger partial charge in [0.25, 0.3) is 0 Å². The van der Waals surface area contributed by atoms with Gasteiger partial charge >= 0.3 is 6.18 Å². The quantitative estimate of drug-likeness (QED) is 0.479. The molecule has 3 rings (SSSR count). The fourth-order valence-corrected chi connectivity index (χ4v) is 3.05. The Morgan fingerprint density at radius 2 is 2.13 bits per heavy atom. The molecule has 11 heteroatoms. The van der Waals surface area contributed by atoms with Crippen LogP contribution in [0.15, 0.2) is 30.7 Å². The second-order valence-corrected chi connectivity index (χ2v) is 7.29. The summed E-state index contributed by atoms with van der Waals surface area (Å²) in [7, 11) is 0. The molecule has 3 aromatic heterocycles. The van der Waals surface area contributed by atoms with Crippen molar-refractivity contribution >= 4 is 34.4 Å². The van der Waals surface area contributed by atoms with Gasteiger partial charge < -0.3 is 15.6 Å². The molecule has 0 aliphatic carbocycles. The molecular formula is C19H26ClF3N6O. The number of alkyl halides is 3. The summed E-state index contributed by atoms with van der Waals surface area (Å²) in [5, 5.41) is 6.06. The predicted octanol–water partition coefficient (Wildman–Crippen LogP) is 4.92. The number of amides is 1. The van der Waals surface area contributed by atoms with Gasteiger partial charge in [-0.05, 0) is 18.1 Å². The first kappa shape index (κ1) is 21.8. The number of fused-ring (bicyclic) bond motifs is 1. The van der Waals surface area contributed by atoms with Crippen LogP contribution in [-0.4, -0.2) is 44.6 Å². The predicted molar refractivity (Wildman–Crippen MR) is 114 cm³/mol. The number of hydrogen-bond acceptors (Lipinski definition) is 5. The summed E-state index contributed by atoms with van der Waals surface area (Å²) in [5.41, 5.74) is 1.27. The van der Waals surface area contributed by atoms with E-state index >= 15 is 0 Å². The fraction of sp³-hybridized carbons (Fsp3) is 0.368. The molecule has 0 radical (unpaired) electrons. The topological polar surface area (TPSA) is 95.6 Å². The van der Waals surface area contributed by atoms with Crippen LogP contribution in [0.3, 0.4) is 0 Å². The third-order valence-electron chi connectivity index (χ3n) is 4.66. The molecular weight excluding hydrogens is 421 g/mol. The van der Waals surface area contributed by atoms with Gasteiger partial charge in [0.2, 0.25) is 5.91 Å². The lowest BCUT2D eigenvalue weighted by molar-refractivity contribution is -0.139. The molecule has 3 N–H and O–H groups in total. The Morgan fingerprint density at radius 1 is 1.37 bits per heavy atom. The number of H-pyrrole nitrogens is 1. The van der Waals surface area contributed by atoms with Crippen LogP contribution in [0.25, 0.3) is 22.4 Å². The number of nitrogens with one attached hydrogen (secondary N) is 3. The van der Waals surface area contributed by atoms with E-state index in [1.165, 1.54) is 12.4 Å². The minimum atomic E-state index is -4.48. The highest BCUT2D eigenvalue weighted by Gasteiger charge is 2.31. The molecule has 0 spiro atoms. The minimum Gasteiger partial charge on any atom is -0.358 e. The molecule has 0 aliphatic heterocycles. The van der Waals surface area contributed by atoms with E-state index in [0.717, 1.165) is 5.39 Å². The highest BCUT2D eigenvalue weighted by molar-refractivity contribution is 6.31. The van der Waals surface area contributed by atoms with Crippen LogP contribution in [-0.2, 0) is 4.79 Å². The van der Waals surface area contributed by atoms with E-state index in [1.807, 2.05) is 12.2 Å². The van der Waals surface area contributed by atoms with Crippen molar-refractivity contribution in [2.45, 2.75) is 32.5 Å². The molecule has 0 aromatic carbocycles. The Hall–Kier alpha value is -2.88. The maximum Gasteiger partial charge on any atom is 0.405 e. The maximum atomic E-state index is 12.5. The first-order valence-electron chi connectivity index (χ1n) is 9.25. The number of anilines is 1. The number of rotatable bonds is 7. The van der Waals surface area contributed by atoms with Crippen molar-refractivity contribution in [2.24, 2.45) is 5.92 Å². The maximum absolute atomic E-state index is 12.5. The second kappa shape index (κ2) is 8.86. The van der Waals surface area contributed by atoms with E-state index in [4.69, 9.17) is 11.6 Å². The Balaban J connectivity index is 0.00000341. The molecule has 0 aliphatic rings. The molecule has 3 aromatic rings. The van der Waals surface area contributed by atoms with Crippen molar-refractivity contribution in [3.8, 4) is 11.4 Å². The van der Waals surface area contributed by atoms with Crippen LogP contribution in [0.5, 0.6) is 0 Å². The van der Waals surface area contributed by atoms with Gasteiger partial charge in [0.05, 0.1) is 5.02 Å². The zero-order valence-electron chi connectivity index (χ0n) is 16.2. The smallest absolute Gasteiger partial charge is 0.358 e. The third-order valence-corrected chi connectivity index (χ3v) is 4.86. The van der Waals surface area contributed by atoms with Crippen LogP contribution < -0.4 is 10.6 Å². The molecule has 7 nitrogen and oxygen atoms in total. The minimum absolute atomic E-state index is 0. The average molecular weight is 447 g/mol. The van der Waals surface area contributed by atoms with Crippen LogP contribution in [0.2, 0.25) is 5.02 Å². The number of halogens is 4. The molecule has 30 heavy (non-hydrogen) atoms. The number of aromatic amines is 1. The number of carbonyl (C=O) groups is 1. The number of aromatic nitrogens is 4. The van der Waals surface area contributed by atoms with E-state index in [0.29, 0.717) is 34.3 Å². The molecule has 2 atom stereocenters. The van der Waals surface area contributed by atoms with Crippen LogP contribution in [0.4, 0.5) is 19.0 Å². The fourth-order valence-electron chi connectivity index (χ4n) is 2.89. The molecule has 0 unspecified atom stereocenters. The molecule has 0 saturated carbocycles. The lowest BCUT2D eigenvalue weighted by Gasteiger charge is -2.24. The van der Waals surface area contributed by atoms with Crippen molar-refractivity contribution < 1.29 is 22.2 Å². The summed E-state index contributed by atoms with van der Waals surface area (Å²) in [6, 6.07) is 2.39. The first-order chi connectivity index (χ1) is 14.2. The number of pyridine rings is 1. The highest BCUT2D eigenvalue weighted by atomic mass is 35.5. The monoisotopic (exact) mass is 446 g/mol. The van der Waals surface area contributed by atoms with Gasteiger partial charge in [-0.2, -0.15) is 13.2 Å². The van der Waals surface area contributed by atoms with Crippen LogP contribution in [0, 0.1) is 5.92 Å². The largest absolute Gasteiger partial charge is 0.405 e. The van der Waals surface area contributed by atoms with Crippen molar-refractivity contribution in [2.75, 3.05) is 11.9 Å². The SMILES string of the molecule is CC[C@H](C)[C@H](Nc1ccnc(-c2c[nH]c3ncc(Cl)cc23)n1)C(=O)NCC(F)(F)F.[HH].[HH].[HH]. The van der Waals surface area contributed by atoms with Crippen molar-refractivity contribution in [3.05, 3.63) is 35.7 Å². The summed E-state index contributed by atoms with van der Waals surface area (Å²) >= 11 is 6.03. The van der Waals surface area contributed by atoms with Crippen molar-refractivity contribution in [1.82, 2.24) is 25.3 Å². The van der Waals surface area contributed by atoms with Crippen molar-refractivity contribution in [1.29, 1.82) is 0 Å². The Bertz CT molecular complexity index is 1050. The van der Waals surface area contributed by atoms with Crippen LogP contribution >= 0.6 is 11.6 Å². The summed E-state index contributed by atoms with van der Waals surface area (Å²) in [5.74, 6) is -0.302. The molecule has 1 amide bonds. The standard InChI is InChI=1S/C19H20ClF3N6O.3H2/c1-3-10(2)15(18(30)27-9-19(21,22)23)28-14-4-5-24-17(29-14)13-8-26-16-12(13)6-11(20)7-25-16;;;/h4-8,10,15H,3,9H2,1-2H3,(H,25,26)(H,27,30)(H,24,28,29);3*1H/t10-,15-;;;/m0.../s1. The molecule has 0 bridgehead atoms. The normalized spacial score (nSPS) is 13.8. The summed E-state index contributed by atoms with van der Waals surface area (Å²) in [4.78, 5) is 28.3. The van der Waals surface area contributed by atoms with E-state index in [2.05, 4.69) is 25.3 Å². The van der Waals surface area contributed by atoms with Crippen LogP contribution in [0.1, 0.15) is 24.5 Å². The number of carbonyl (C=O) groups excluding carboxylic acids is 1. The molecule has 3 heterocycles. The average Bonchev–Trinajstić information content (AvgIpc) is 3.12. The lowest BCUT2D eigenvalue weighted by Crippen LogP contribution is -2.46. The molecule has 0 fully saturated rings. The van der Waals surface area contributed by atoms with Gasteiger partial charge in [0, 0.05) is 33.8 Å². The van der Waals surface area contributed by atoms with Gasteiger partial charge in [-0.15, -0.1) is 0 Å². The highest BCUT2D eigenvalue weighted by Crippen LogP contribution is 2.28. The van der Waals surface area contributed by atoms with E-state index in [1.54, 1.807) is 25.3 Å². The Labute approximate surface area is 179 Å². The van der Waals surface area contributed by atoms with Gasteiger partial charge in [-0.25, -0.2) is 15.0 Å². The molecule has 0 saturated heterocycles. The third kappa shape index (κ3) is 5.18. The Morgan fingerprint density at radius 3 is 2.83 bits per heavy atom. The summed E-state index contributed by atoms with van der Waals surface area (Å²) < 4.78 is 37.4. The molecule has 166 valence electrons. The van der Waals surface area contributed by atoms with E-state index in [9.17, 15) is 18.0 Å². The number of hydrogen-bond donors (Lipinski definition) is 3. The number of nitrogens with zero attached hydrogens (tertiary/aromatic N) is 3. The van der Waals surface area contributed by atoms with E-state index < -0.39 is 24.7 Å².